The van der Waals surface area contributed by atoms with Crippen LogP contribution in [0.25, 0.3) is 52.0 Å². The van der Waals surface area contributed by atoms with Crippen molar-refractivity contribution in [3.05, 3.63) is 124 Å². The number of hydrogen-bond acceptors (Lipinski definition) is 11. The summed E-state index contributed by atoms with van der Waals surface area (Å²) < 4.78 is 30.3. The van der Waals surface area contributed by atoms with Gasteiger partial charge in [-0.3, -0.25) is 0 Å². The number of amides is 2. The lowest BCUT2D eigenvalue weighted by molar-refractivity contribution is 0.0487. The van der Waals surface area contributed by atoms with Crippen LogP contribution in [0, 0.1) is 19.0 Å². The van der Waals surface area contributed by atoms with Gasteiger partial charge in [0.1, 0.15) is 42.8 Å². The van der Waals surface area contributed by atoms with Crippen molar-refractivity contribution in [3.8, 4) is 48.0 Å². The molecule has 346 valence electrons. The Morgan fingerprint density at radius 3 is 1.57 bits per heavy atom. The molecule has 67 heavy (non-hydrogen) atoms. The minimum Gasteiger partial charge on any atom is -0.502 e. The molecule has 0 spiro atoms. The van der Waals surface area contributed by atoms with Crippen molar-refractivity contribution in [2.45, 2.75) is 123 Å². The number of carbonyl (C=O) groups is 2. The monoisotopic (exact) mass is 940 g/mol. The summed E-state index contributed by atoms with van der Waals surface area (Å²) in [4.78, 5) is 31.6. The summed E-state index contributed by atoms with van der Waals surface area (Å²) in [6, 6.07) is 21.8. The van der Waals surface area contributed by atoms with Crippen molar-refractivity contribution in [3.63, 3.8) is 0 Å². The van der Waals surface area contributed by atoms with E-state index in [1.165, 1.54) is 40.4 Å². The second-order valence-electron chi connectivity index (χ2n) is 18.5. The van der Waals surface area contributed by atoms with Crippen LogP contribution >= 0.6 is 22.7 Å². The van der Waals surface area contributed by atoms with E-state index in [0.29, 0.717) is 22.0 Å². The van der Waals surface area contributed by atoms with Gasteiger partial charge in [0.15, 0.2) is 0 Å². The predicted molar refractivity (Wildman–Crippen MR) is 260 cm³/mol. The molecule has 16 heteroatoms. The quantitative estimate of drug-likeness (QED) is 0.142. The maximum Gasteiger partial charge on any atom is 0.408 e. The number of alkyl carbamates (subject to hydrolysis) is 2. The fourth-order valence-corrected chi connectivity index (χ4v) is 9.80. The molecule has 8 rings (SSSR count). The van der Waals surface area contributed by atoms with Gasteiger partial charge < -0.3 is 24.8 Å². The maximum atomic E-state index is 13.7. The van der Waals surface area contributed by atoms with Crippen LogP contribution in [-0.4, -0.2) is 49.9 Å². The highest BCUT2D eigenvalue weighted by atomic mass is 32.1. The summed E-state index contributed by atoms with van der Waals surface area (Å²) >= 11 is 2.90. The number of halogens is 1. The molecule has 2 N–H and O–H groups in total. The minimum absolute atomic E-state index is 0.00706. The predicted octanol–water partition coefficient (Wildman–Crippen LogP) is 13.6. The SMILES string of the molecule is [C-]#[N+]c1cc(-c2nnc(-c3cccc4c3CCC[C@H]4NC(=O)OC(C)(C)C)s2)ccc1F.[C-]#[N+]c1cc(-c2nnc(-c3cccc4c3CCC[C@H]4NC(=O)OC(C)(C)C)s2)ccc1OC(C)C. The molecule has 0 saturated heterocycles. The number of aromatic nitrogens is 4. The van der Waals surface area contributed by atoms with Crippen LogP contribution < -0.4 is 15.4 Å². The molecule has 13 nitrogen and oxygen atoms in total. The highest BCUT2D eigenvalue weighted by molar-refractivity contribution is 7.18. The van der Waals surface area contributed by atoms with E-state index < -0.39 is 29.2 Å². The van der Waals surface area contributed by atoms with Crippen LogP contribution in [0.2, 0.25) is 0 Å². The summed E-state index contributed by atoms with van der Waals surface area (Å²) in [5, 5.41) is 26.5. The van der Waals surface area contributed by atoms with Crippen LogP contribution in [0.3, 0.4) is 0 Å². The number of nitrogens with one attached hydrogen (secondary N) is 2. The summed E-state index contributed by atoms with van der Waals surface area (Å²) in [5.41, 5.74) is 7.33. The van der Waals surface area contributed by atoms with E-state index in [1.54, 1.807) is 12.1 Å². The first-order valence-electron chi connectivity index (χ1n) is 22.2. The molecule has 2 atom stereocenters. The molecule has 2 aliphatic carbocycles. The van der Waals surface area contributed by atoms with Crippen molar-refractivity contribution in [2.24, 2.45) is 0 Å². The van der Waals surface area contributed by atoms with Crippen LogP contribution in [0.1, 0.15) is 115 Å². The first-order chi connectivity index (χ1) is 31.9. The number of hydrogen-bond donors (Lipinski definition) is 2. The third-order valence-corrected chi connectivity index (χ3v) is 12.7. The van der Waals surface area contributed by atoms with Gasteiger partial charge in [-0.15, -0.1) is 20.4 Å². The number of fused-ring (bicyclic) bond motifs is 2. The van der Waals surface area contributed by atoms with E-state index in [4.69, 9.17) is 27.4 Å². The molecule has 0 fully saturated rings. The topological polar surface area (TPSA) is 146 Å². The number of rotatable bonds is 8. The van der Waals surface area contributed by atoms with Gasteiger partial charge in [0.05, 0.1) is 31.3 Å². The Labute approximate surface area is 398 Å². The van der Waals surface area contributed by atoms with Crippen molar-refractivity contribution in [1.82, 2.24) is 31.0 Å². The summed E-state index contributed by atoms with van der Waals surface area (Å²) in [7, 11) is 0. The van der Waals surface area contributed by atoms with Gasteiger partial charge in [-0.25, -0.2) is 23.7 Å². The Morgan fingerprint density at radius 2 is 1.12 bits per heavy atom. The molecule has 0 saturated carbocycles. The summed E-state index contributed by atoms with van der Waals surface area (Å²) in [5.74, 6) is 0.0262. The Morgan fingerprint density at radius 1 is 0.672 bits per heavy atom. The zero-order valence-corrected chi connectivity index (χ0v) is 40.5. The fraction of sp³-hybridized carbons (Fsp3) is 0.373. The van der Waals surface area contributed by atoms with Crippen molar-refractivity contribution >= 4 is 46.2 Å². The first kappa shape index (κ1) is 48.2. The average Bonchev–Trinajstić information content (AvgIpc) is 3.97. The molecule has 4 aromatic carbocycles. The Balaban J connectivity index is 0.000000200. The molecule has 0 bridgehead atoms. The molecule has 2 aliphatic rings. The van der Waals surface area contributed by atoms with Gasteiger partial charge >= 0.3 is 12.2 Å². The van der Waals surface area contributed by atoms with E-state index >= 15 is 0 Å². The van der Waals surface area contributed by atoms with E-state index in [2.05, 4.69) is 52.9 Å². The van der Waals surface area contributed by atoms with Crippen LogP contribution in [-0.2, 0) is 22.3 Å². The van der Waals surface area contributed by atoms with Gasteiger partial charge in [0.2, 0.25) is 11.4 Å². The Kier molecular flexibility index (Phi) is 14.7. The molecule has 2 amide bonds. The molecule has 2 heterocycles. The van der Waals surface area contributed by atoms with Gasteiger partial charge in [-0.2, -0.15) is 0 Å². The lowest BCUT2D eigenvalue weighted by atomic mass is 9.85. The second-order valence-corrected chi connectivity index (χ2v) is 20.4. The highest BCUT2D eigenvalue weighted by Gasteiger charge is 2.29. The van der Waals surface area contributed by atoms with Gasteiger partial charge in [-0.05, 0) is 140 Å². The third-order valence-electron chi connectivity index (χ3n) is 10.7. The van der Waals surface area contributed by atoms with Crippen molar-refractivity contribution < 1.29 is 28.2 Å². The van der Waals surface area contributed by atoms with Gasteiger partial charge in [-0.1, -0.05) is 71.2 Å². The summed E-state index contributed by atoms with van der Waals surface area (Å²) in [6.07, 6.45) is 4.55. The molecule has 6 aromatic rings. The van der Waals surface area contributed by atoms with Gasteiger partial charge in [0.25, 0.3) is 0 Å². The first-order valence-corrected chi connectivity index (χ1v) is 23.8. The number of nitrogens with zero attached hydrogens (tertiary/aromatic N) is 6. The zero-order valence-electron chi connectivity index (χ0n) is 38.8. The van der Waals surface area contributed by atoms with Crippen molar-refractivity contribution in [2.75, 3.05) is 0 Å². The Bertz CT molecular complexity index is 2870. The second kappa shape index (κ2) is 20.4. The normalized spacial score (nSPS) is 15.4. The standard InChI is InChI=1S/C27H30N4O3S.C24H23FN4O2S/c1-16(2)33-23-14-13-17(15-22(23)28-6)24-30-31-25(35-24)20-11-7-10-19-18(20)9-8-12-21(19)29-26(32)34-27(3,4)5;1-24(2,3)31-23(30)27-19-10-6-7-15-16(19)8-5-9-17(15)22-29-28-21(32-22)14-11-12-18(25)20(13-14)26-4/h7,10-11,13-16,21H,8-9,12H2,1-5H3,(H,29,32);5,8-9,11-13,19H,6-7,10H2,1-3H3,(H,27,30)/t21-;19-/m11/s1. The maximum absolute atomic E-state index is 13.7. The van der Waals surface area contributed by atoms with E-state index in [-0.39, 0.29) is 23.9 Å². The minimum atomic E-state index is -0.556. The molecular weight excluding hydrogens is 888 g/mol. The largest absolute Gasteiger partial charge is 0.502 e. The lowest BCUT2D eigenvalue weighted by Gasteiger charge is -2.29. The molecule has 2 aromatic heterocycles. The van der Waals surface area contributed by atoms with Gasteiger partial charge in [0, 0.05) is 22.3 Å². The third kappa shape index (κ3) is 12.0. The van der Waals surface area contributed by atoms with E-state index in [9.17, 15) is 14.0 Å². The lowest BCUT2D eigenvalue weighted by Crippen LogP contribution is -2.36. The fourth-order valence-electron chi connectivity index (χ4n) is 8.02. The smallest absolute Gasteiger partial charge is 0.408 e. The number of ether oxygens (including phenoxy) is 3. The molecular formula is C51H53FN8O5S2. The van der Waals surface area contributed by atoms with Crippen LogP contribution in [0.4, 0.5) is 25.4 Å². The van der Waals surface area contributed by atoms with Crippen LogP contribution in [0.15, 0.2) is 72.8 Å². The zero-order chi connectivity index (χ0) is 48.0. The Hall–Kier alpha value is -6.75. The van der Waals surface area contributed by atoms with E-state index in [1.807, 2.05) is 91.8 Å². The summed E-state index contributed by atoms with van der Waals surface area (Å²) in [6.45, 7) is 29.6. The highest BCUT2D eigenvalue weighted by Crippen LogP contribution is 2.42. The molecule has 0 unspecified atom stereocenters. The molecule has 0 radical (unpaired) electrons. The number of carbonyl (C=O) groups excluding carboxylic acids is 2. The van der Waals surface area contributed by atoms with Crippen LogP contribution in [0.5, 0.6) is 5.75 Å². The van der Waals surface area contributed by atoms with E-state index in [0.717, 1.165) is 86.9 Å². The number of benzene rings is 4. The average molecular weight is 941 g/mol. The molecule has 0 aliphatic heterocycles. The van der Waals surface area contributed by atoms with Crippen molar-refractivity contribution in [1.29, 1.82) is 0 Å².